The molecule has 20 heavy (non-hydrogen) atoms. The van der Waals surface area contributed by atoms with Crippen LogP contribution in [0.3, 0.4) is 0 Å². The number of nitrogens with one attached hydrogen (secondary N) is 1. The van der Waals surface area contributed by atoms with E-state index < -0.39 is 5.78 Å². The minimum Gasteiger partial charge on any atom is -0.286 e. The monoisotopic (exact) mass is 327 g/mol. The van der Waals surface area contributed by atoms with Gasteiger partial charge in [0.05, 0.1) is 5.69 Å². The Morgan fingerprint density at radius 2 is 1.75 bits per heavy atom. The van der Waals surface area contributed by atoms with Crippen molar-refractivity contribution in [3.05, 3.63) is 64.6 Å². The SMILES string of the molecule is N#C/C(=N/Nc1ccccc1)C(=O)c1ccc(Br)cc1. The predicted molar refractivity (Wildman–Crippen MR) is 81.6 cm³/mol. The second kappa shape index (κ2) is 6.64. The summed E-state index contributed by atoms with van der Waals surface area (Å²) in [5.41, 5.74) is 3.64. The van der Waals surface area contributed by atoms with Crippen LogP contribution >= 0.6 is 15.9 Å². The molecule has 2 rings (SSSR count). The molecule has 0 aliphatic heterocycles. The smallest absolute Gasteiger partial charge is 0.223 e. The zero-order valence-electron chi connectivity index (χ0n) is 10.4. The van der Waals surface area contributed by atoms with E-state index in [1.165, 1.54) is 0 Å². The van der Waals surface area contributed by atoms with Crippen LogP contribution in [0, 0.1) is 11.3 Å². The maximum atomic E-state index is 12.1. The van der Waals surface area contributed by atoms with E-state index in [-0.39, 0.29) is 5.71 Å². The number of halogens is 1. The first kappa shape index (κ1) is 14.0. The van der Waals surface area contributed by atoms with E-state index in [2.05, 4.69) is 26.5 Å². The lowest BCUT2D eigenvalue weighted by molar-refractivity contribution is 0.106. The molecule has 1 N–H and O–H groups in total. The van der Waals surface area contributed by atoms with Crippen LogP contribution in [-0.2, 0) is 0 Å². The van der Waals surface area contributed by atoms with Gasteiger partial charge in [-0.2, -0.15) is 10.4 Å². The van der Waals surface area contributed by atoms with Gasteiger partial charge in [-0.1, -0.05) is 34.1 Å². The largest absolute Gasteiger partial charge is 0.286 e. The number of carbonyl (C=O) groups excluding carboxylic acids is 1. The fourth-order valence-corrected chi connectivity index (χ4v) is 1.76. The Balaban J connectivity index is 2.18. The minimum atomic E-state index is -0.413. The van der Waals surface area contributed by atoms with Crippen molar-refractivity contribution in [1.29, 1.82) is 5.26 Å². The molecule has 4 nitrogen and oxygen atoms in total. The summed E-state index contributed by atoms with van der Waals surface area (Å²) < 4.78 is 0.868. The number of carbonyl (C=O) groups is 1. The molecule has 0 spiro atoms. The van der Waals surface area contributed by atoms with Crippen molar-refractivity contribution >= 4 is 33.1 Å². The van der Waals surface area contributed by atoms with Crippen LogP contribution in [0.25, 0.3) is 0 Å². The van der Waals surface area contributed by atoms with E-state index in [1.807, 2.05) is 24.3 Å². The van der Waals surface area contributed by atoms with Crippen molar-refractivity contribution in [2.24, 2.45) is 5.10 Å². The highest BCUT2D eigenvalue weighted by Gasteiger charge is 2.13. The highest BCUT2D eigenvalue weighted by molar-refractivity contribution is 9.10. The third-order valence-corrected chi connectivity index (χ3v) is 3.03. The first-order valence-electron chi connectivity index (χ1n) is 5.80. The fourth-order valence-electron chi connectivity index (χ4n) is 1.50. The van der Waals surface area contributed by atoms with Crippen LogP contribution < -0.4 is 5.43 Å². The molecule has 5 heteroatoms. The molecular weight excluding hydrogens is 318 g/mol. The Kier molecular flexibility index (Phi) is 4.64. The molecule has 0 atom stereocenters. The number of benzene rings is 2. The van der Waals surface area contributed by atoms with Gasteiger partial charge in [0.25, 0.3) is 0 Å². The van der Waals surface area contributed by atoms with Gasteiger partial charge in [0.15, 0.2) is 0 Å². The summed E-state index contributed by atoms with van der Waals surface area (Å²) in [6.07, 6.45) is 0. The van der Waals surface area contributed by atoms with Crippen LogP contribution in [-0.4, -0.2) is 11.5 Å². The Morgan fingerprint density at radius 3 is 2.35 bits per heavy atom. The van der Waals surface area contributed by atoms with Gasteiger partial charge < -0.3 is 0 Å². The standard InChI is InChI=1S/C15H10BrN3O/c16-12-8-6-11(7-9-12)15(20)14(10-17)19-18-13-4-2-1-3-5-13/h1-9,18H/b19-14-. The summed E-state index contributed by atoms with van der Waals surface area (Å²) in [5, 5.41) is 12.9. The van der Waals surface area contributed by atoms with E-state index >= 15 is 0 Å². The number of nitrogens with zero attached hydrogens (tertiary/aromatic N) is 2. The third kappa shape index (κ3) is 3.53. The Labute approximate surface area is 124 Å². The van der Waals surface area contributed by atoms with E-state index in [9.17, 15) is 4.79 Å². The molecule has 0 radical (unpaired) electrons. The minimum absolute atomic E-state index is 0.184. The van der Waals surface area contributed by atoms with Crippen molar-refractivity contribution in [3.8, 4) is 6.07 Å². The van der Waals surface area contributed by atoms with Crippen molar-refractivity contribution in [2.45, 2.75) is 0 Å². The molecule has 0 aromatic heterocycles. The second-order valence-electron chi connectivity index (χ2n) is 3.89. The van der Waals surface area contributed by atoms with Gasteiger partial charge in [0.1, 0.15) is 6.07 Å². The van der Waals surface area contributed by atoms with Crippen molar-refractivity contribution in [1.82, 2.24) is 0 Å². The summed E-state index contributed by atoms with van der Waals surface area (Å²) >= 11 is 3.29. The summed E-state index contributed by atoms with van der Waals surface area (Å²) in [6, 6.07) is 17.7. The van der Waals surface area contributed by atoms with Gasteiger partial charge >= 0.3 is 0 Å². The molecule has 2 aromatic rings. The Morgan fingerprint density at radius 1 is 1.10 bits per heavy atom. The van der Waals surface area contributed by atoms with Crippen molar-refractivity contribution < 1.29 is 4.79 Å². The van der Waals surface area contributed by atoms with E-state index in [0.29, 0.717) is 11.3 Å². The molecule has 0 unspecified atom stereocenters. The van der Waals surface area contributed by atoms with Crippen LogP contribution in [0.5, 0.6) is 0 Å². The molecule has 0 amide bonds. The molecule has 0 saturated carbocycles. The molecule has 98 valence electrons. The van der Waals surface area contributed by atoms with E-state index in [4.69, 9.17) is 5.26 Å². The molecule has 2 aromatic carbocycles. The van der Waals surface area contributed by atoms with Gasteiger partial charge in [-0.05, 0) is 36.4 Å². The second-order valence-corrected chi connectivity index (χ2v) is 4.80. The van der Waals surface area contributed by atoms with Crippen LogP contribution in [0.4, 0.5) is 5.69 Å². The normalized spacial score (nSPS) is 10.7. The molecule has 0 aliphatic rings. The molecule has 0 heterocycles. The number of hydrogen-bond donors (Lipinski definition) is 1. The van der Waals surface area contributed by atoms with Crippen LogP contribution in [0.2, 0.25) is 0 Å². The molecule has 0 saturated heterocycles. The van der Waals surface area contributed by atoms with E-state index in [1.54, 1.807) is 36.4 Å². The number of para-hydroxylation sites is 1. The highest BCUT2D eigenvalue weighted by atomic mass is 79.9. The lowest BCUT2D eigenvalue weighted by atomic mass is 10.1. The predicted octanol–water partition coefficient (Wildman–Crippen LogP) is 3.62. The van der Waals surface area contributed by atoms with Crippen LogP contribution in [0.1, 0.15) is 10.4 Å². The molecule has 0 aliphatic carbocycles. The number of nitriles is 1. The topological polar surface area (TPSA) is 65.2 Å². The Hall–Kier alpha value is -2.45. The maximum absolute atomic E-state index is 12.1. The van der Waals surface area contributed by atoms with E-state index in [0.717, 1.165) is 4.47 Å². The number of hydrogen-bond acceptors (Lipinski definition) is 4. The number of rotatable bonds is 4. The quantitative estimate of drug-likeness (QED) is 0.529. The zero-order chi connectivity index (χ0) is 14.4. The van der Waals surface area contributed by atoms with Crippen LogP contribution in [0.15, 0.2) is 64.2 Å². The van der Waals surface area contributed by atoms with Gasteiger partial charge in [0.2, 0.25) is 11.5 Å². The lowest BCUT2D eigenvalue weighted by Gasteiger charge is -2.01. The summed E-state index contributed by atoms with van der Waals surface area (Å²) in [5.74, 6) is -0.413. The number of Topliss-reactive ketones (excluding diaryl/α,β-unsaturated/α-hetero) is 1. The zero-order valence-corrected chi connectivity index (χ0v) is 12.0. The summed E-state index contributed by atoms with van der Waals surface area (Å²) in [4.78, 5) is 12.1. The fraction of sp³-hybridized carbons (Fsp3) is 0. The average molecular weight is 328 g/mol. The number of ketones is 1. The number of anilines is 1. The summed E-state index contributed by atoms with van der Waals surface area (Å²) in [6.45, 7) is 0. The summed E-state index contributed by atoms with van der Waals surface area (Å²) in [7, 11) is 0. The highest BCUT2D eigenvalue weighted by Crippen LogP contribution is 2.12. The lowest BCUT2D eigenvalue weighted by Crippen LogP contribution is -2.14. The van der Waals surface area contributed by atoms with Gasteiger partial charge in [-0.3, -0.25) is 10.2 Å². The third-order valence-electron chi connectivity index (χ3n) is 2.50. The van der Waals surface area contributed by atoms with Crippen molar-refractivity contribution in [3.63, 3.8) is 0 Å². The number of hydrazone groups is 1. The first-order chi connectivity index (χ1) is 9.70. The molecule has 0 bridgehead atoms. The van der Waals surface area contributed by atoms with Gasteiger partial charge in [0, 0.05) is 10.0 Å². The maximum Gasteiger partial charge on any atom is 0.223 e. The van der Waals surface area contributed by atoms with Crippen molar-refractivity contribution in [2.75, 3.05) is 5.43 Å². The average Bonchev–Trinajstić information content (AvgIpc) is 2.49. The van der Waals surface area contributed by atoms with Gasteiger partial charge in [-0.15, -0.1) is 0 Å². The first-order valence-corrected chi connectivity index (χ1v) is 6.59. The molecule has 0 fully saturated rings. The van der Waals surface area contributed by atoms with Gasteiger partial charge in [-0.25, -0.2) is 0 Å². The Bertz CT molecular complexity index is 673. The molecular formula is C15H10BrN3O.